The molecule has 0 aliphatic heterocycles. The van der Waals surface area contributed by atoms with Gasteiger partial charge in [0.25, 0.3) is 0 Å². The molecule has 4 nitrogen and oxygen atoms in total. The summed E-state index contributed by atoms with van der Waals surface area (Å²) < 4.78 is 1.61. The van der Waals surface area contributed by atoms with Crippen molar-refractivity contribution < 1.29 is 4.79 Å². The summed E-state index contributed by atoms with van der Waals surface area (Å²) in [4.78, 5) is 11.3. The summed E-state index contributed by atoms with van der Waals surface area (Å²) in [7, 11) is 0. The molecule has 0 radical (unpaired) electrons. The van der Waals surface area contributed by atoms with E-state index in [1.54, 1.807) is 17.1 Å². The van der Waals surface area contributed by atoms with Gasteiger partial charge in [0.2, 0.25) is 5.91 Å². The lowest BCUT2D eigenvalue weighted by atomic mass is 10.0. The fraction of sp³-hybridized carbons (Fsp3) is 0.444. The summed E-state index contributed by atoms with van der Waals surface area (Å²) in [6.45, 7) is 3.64. The molecule has 0 fully saturated rings. The van der Waals surface area contributed by atoms with E-state index in [4.69, 9.17) is 5.73 Å². The van der Waals surface area contributed by atoms with Crippen LogP contribution in [0.3, 0.4) is 0 Å². The van der Waals surface area contributed by atoms with Gasteiger partial charge in [0, 0.05) is 24.4 Å². The lowest BCUT2D eigenvalue weighted by Crippen LogP contribution is -2.38. The van der Waals surface area contributed by atoms with Crippen LogP contribution in [0.15, 0.2) is 24.5 Å². The van der Waals surface area contributed by atoms with Crippen LogP contribution >= 0.6 is 0 Å². The highest BCUT2D eigenvalue weighted by Crippen LogP contribution is 2.03. The lowest BCUT2D eigenvalue weighted by Gasteiger charge is -2.17. The van der Waals surface area contributed by atoms with Crippen molar-refractivity contribution in [3.05, 3.63) is 24.5 Å². The van der Waals surface area contributed by atoms with Crippen molar-refractivity contribution in [1.29, 1.82) is 0 Å². The van der Waals surface area contributed by atoms with E-state index in [-0.39, 0.29) is 5.91 Å². The first-order valence-electron chi connectivity index (χ1n) is 4.19. The molecule has 0 aromatic carbocycles. The van der Waals surface area contributed by atoms with E-state index in [0.717, 1.165) is 0 Å². The number of nitrogens with two attached hydrogens (primary N) is 1. The second-order valence-corrected chi connectivity index (χ2v) is 3.79. The summed E-state index contributed by atoms with van der Waals surface area (Å²) in [6.07, 6.45) is 3.84. The number of carbonyl (C=O) groups is 1. The van der Waals surface area contributed by atoms with Crippen molar-refractivity contribution >= 4 is 5.91 Å². The van der Waals surface area contributed by atoms with Gasteiger partial charge >= 0.3 is 0 Å². The summed E-state index contributed by atoms with van der Waals surface area (Å²) >= 11 is 0. The van der Waals surface area contributed by atoms with Crippen LogP contribution in [0.25, 0.3) is 0 Å². The van der Waals surface area contributed by atoms with Gasteiger partial charge in [0.15, 0.2) is 0 Å². The largest absolute Gasteiger partial charge is 0.325 e. The number of amides is 1. The smallest absolute Gasteiger partial charge is 0.240 e. The van der Waals surface area contributed by atoms with Gasteiger partial charge in [-0.05, 0) is 26.0 Å². The Balaban J connectivity index is 2.43. The average Bonchev–Trinajstić information content (AvgIpc) is 2.34. The number of hydrogen-bond acceptors (Lipinski definition) is 2. The van der Waals surface area contributed by atoms with E-state index in [1.807, 2.05) is 26.0 Å². The average molecular weight is 181 g/mol. The van der Waals surface area contributed by atoms with Crippen LogP contribution < -0.4 is 11.2 Å². The molecule has 1 aromatic heterocycles. The second kappa shape index (κ2) is 3.62. The molecule has 0 atom stereocenters. The molecule has 72 valence electrons. The lowest BCUT2D eigenvalue weighted by molar-refractivity contribution is -0.118. The Bertz CT molecular complexity index is 272. The molecule has 0 unspecified atom stereocenters. The number of nitrogens with one attached hydrogen (secondary N) is 1. The quantitative estimate of drug-likeness (QED) is 0.720. The van der Waals surface area contributed by atoms with Crippen molar-refractivity contribution in [1.82, 2.24) is 4.68 Å². The number of rotatable bonds is 3. The third-order valence-corrected chi connectivity index (χ3v) is 1.47. The molecule has 0 saturated carbocycles. The number of nitrogens with zero attached hydrogens (tertiary/aromatic N) is 1. The predicted octanol–water partition coefficient (Wildman–Crippen LogP) is 0.686. The fourth-order valence-electron chi connectivity index (χ4n) is 1.01. The van der Waals surface area contributed by atoms with Crippen LogP contribution in [-0.4, -0.2) is 16.1 Å². The highest BCUT2D eigenvalue weighted by molar-refractivity contribution is 5.84. The van der Waals surface area contributed by atoms with Gasteiger partial charge in [-0.2, -0.15) is 0 Å². The minimum absolute atomic E-state index is 0.0799. The number of hydrogen-bond donors (Lipinski definition) is 2. The van der Waals surface area contributed by atoms with E-state index in [9.17, 15) is 4.79 Å². The zero-order chi connectivity index (χ0) is 9.90. The van der Waals surface area contributed by atoms with Gasteiger partial charge in [-0.1, -0.05) is 0 Å². The van der Waals surface area contributed by atoms with E-state index in [1.165, 1.54) is 0 Å². The first-order chi connectivity index (χ1) is 5.97. The van der Waals surface area contributed by atoms with Crippen molar-refractivity contribution in [2.24, 2.45) is 5.73 Å². The molecule has 1 heterocycles. The van der Waals surface area contributed by atoms with Crippen LogP contribution in [0.2, 0.25) is 0 Å². The minimum Gasteiger partial charge on any atom is -0.325 e. The van der Waals surface area contributed by atoms with Gasteiger partial charge in [-0.3, -0.25) is 14.9 Å². The second-order valence-electron chi connectivity index (χ2n) is 3.79. The molecule has 0 bridgehead atoms. The summed E-state index contributed by atoms with van der Waals surface area (Å²) in [6, 6.07) is 3.68. The highest BCUT2D eigenvalue weighted by Gasteiger charge is 2.15. The fourth-order valence-corrected chi connectivity index (χ4v) is 1.01. The summed E-state index contributed by atoms with van der Waals surface area (Å²) in [5.41, 5.74) is 7.91. The van der Waals surface area contributed by atoms with Crippen LogP contribution in [0, 0.1) is 0 Å². The van der Waals surface area contributed by atoms with Crippen LogP contribution in [0.4, 0.5) is 0 Å². The molecule has 0 saturated heterocycles. The molecule has 13 heavy (non-hydrogen) atoms. The maximum absolute atomic E-state index is 11.3. The molecule has 0 aliphatic carbocycles. The molecule has 4 heteroatoms. The Morgan fingerprint density at radius 3 is 2.46 bits per heavy atom. The molecule has 3 N–H and O–H groups in total. The molecule has 1 aromatic rings. The number of aromatic nitrogens is 1. The first kappa shape index (κ1) is 9.80. The maximum Gasteiger partial charge on any atom is 0.240 e. The Kier molecular flexibility index (Phi) is 2.72. The van der Waals surface area contributed by atoms with E-state index in [0.29, 0.717) is 6.42 Å². The topological polar surface area (TPSA) is 60.1 Å². The monoisotopic (exact) mass is 181 g/mol. The van der Waals surface area contributed by atoms with E-state index < -0.39 is 5.54 Å². The van der Waals surface area contributed by atoms with Gasteiger partial charge in [0.1, 0.15) is 0 Å². The Hall–Kier alpha value is -1.29. The van der Waals surface area contributed by atoms with E-state index >= 15 is 0 Å². The first-order valence-corrected chi connectivity index (χ1v) is 4.19. The minimum atomic E-state index is -0.461. The van der Waals surface area contributed by atoms with Gasteiger partial charge < -0.3 is 5.73 Å². The Morgan fingerprint density at radius 2 is 2.00 bits per heavy atom. The zero-order valence-corrected chi connectivity index (χ0v) is 7.95. The van der Waals surface area contributed by atoms with Crippen molar-refractivity contribution in [3.63, 3.8) is 0 Å². The van der Waals surface area contributed by atoms with Gasteiger partial charge in [0.05, 0.1) is 0 Å². The maximum atomic E-state index is 11.3. The predicted molar refractivity (Wildman–Crippen MR) is 51.7 cm³/mol. The molecule has 1 amide bonds. The molecule has 0 spiro atoms. The summed E-state index contributed by atoms with van der Waals surface area (Å²) in [5, 5.41) is 0. The Morgan fingerprint density at radius 1 is 1.46 bits per heavy atom. The van der Waals surface area contributed by atoms with Crippen molar-refractivity contribution in [3.8, 4) is 0 Å². The Labute approximate surface area is 77.7 Å². The highest BCUT2D eigenvalue weighted by atomic mass is 16.2. The van der Waals surface area contributed by atoms with Gasteiger partial charge in [-0.15, -0.1) is 0 Å². The molecule has 0 aliphatic rings. The molecular weight excluding hydrogens is 166 g/mol. The number of carbonyl (C=O) groups excluding carboxylic acids is 1. The third kappa shape index (κ3) is 3.75. The SMILES string of the molecule is CC(C)(N)CC(=O)Nn1cccc1. The third-order valence-electron chi connectivity index (χ3n) is 1.47. The molecule has 1 rings (SSSR count). The van der Waals surface area contributed by atoms with E-state index in [2.05, 4.69) is 5.43 Å². The standard InChI is InChI=1S/C9H15N3O/c1-9(2,10)7-8(13)11-12-5-3-4-6-12/h3-6H,7,10H2,1-2H3,(H,11,13). The van der Waals surface area contributed by atoms with Crippen LogP contribution in [0.1, 0.15) is 20.3 Å². The van der Waals surface area contributed by atoms with Crippen LogP contribution in [-0.2, 0) is 4.79 Å². The summed E-state index contributed by atoms with van der Waals surface area (Å²) in [5.74, 6) is -0.0799. The van der Waals surface area contributed by atoms with Gasteiger partial charge in [-0.25, -0.2) is 0 Å². The van der Waals surface area contributed by atoms with Crippen molar-refractivity contribution in [2.75, 3.05) is 5.43 Å². The van der Waals surface area contributed by atoms with Crippen LogP contribution in [0.5, 0.6) is 0 Å². The molecular formula is C9H15N3O. The normalized spacial score (nSPS) is 11.3. The zero-order valence-electron chi connectivity index (χ0n) is 7.95. The van der Waals surface area contributed by atoms with Crippen molar-refractivity contribution in [2.45, 2.75) is 25.8 Å².